The van der Waals surface area contributed by atoms with Crippen molar-refractivity contribution < 1.29 is 23.1 Å². The van der Waals surface area contributed by atoms with Gasteiger partial charge in [-0.3, -0.25) is 4.79 Å². The van der Waals surface area contributed by atoms with Gasteiger partial charge in [-0.05, 0) is 0 Å². The van der Waals surface area contributed by atoms with Crippen LogP contribution >= 0.6 is 0 Å². The lowest BCUT2D eigenvalue weighted by molar-refractivity contribution is -0.138. The molecule has 0 amide bonds. The summed E-state index contributed by atoms with van der Waals surface area (Å²) in [6.45, 7) is 0. The van der Waals surface area contributed by atoms with Gasteiger partial charge < -0.3 is 15.6 Å². The standard InChI is InChI=1S/C5H9NO5S/c6-4(5(8)9)3-12(10,11)2-1-7/h1,4H,2-3,6H2,(H,8,9). The molecule has 6 nitrogen and oxygen atoms in total. The molecule has 0 aliphatic rings. The molecule has 0 rings (SSSR count). The van der Waals surface area contributed by atoms with Gasteiger partial charge >= 0.3 is 5.97 Å². The summed E-state index contributed by atoms with van der Waals surface area (Å²) in [6, 6.07) is -1.46. The first-order valence-corrected chi connectivity index (χ1v) is 4.83. The molecule has 7 heteroatoms. The Morgan fingerprint density at radius 3 is 2.42 bits per heavy atom. The first-order valence-electron chi connectivity index (χ1n) is 3.01. The molecule has 0 spiro atoms. The minimum atomic E-state index is -3.65. The van der Waals surface area contributed by atoms with Crippen LogP contribution in [0.5, 0.6) is 0 Å². The molecule has 0 aromatic carbocycles. The number of hydrogen-bond acceptors (Lipinski definition) is 5. The van der Waals surface area contributed by atoms with E-state index in [0.29, 0.717) is 0 Å². The van der Waals surface area contributed by atoms with Gasteiger partial charge in [0.25, 0.3) is 0 Å². The number of carbonyl (C=O) groups is 2. The van der Waals surface area contributed by atoms with Gasteiger partial charge in [-0.15, -0.1) is 0 Å². The molecular formula is C5H9NO5S. The molecule has 0 aromatic rings. The van der Waals surface area contributed by atoms with Crippen molar-refractivity contribution in [3.63, 3.8) is 0 Å². The van der Waals surface area contributed by atoms with E-state index in [-0.39, 0.29) is 6.29 Å². The Kier molecular flexibility index (Phi) is 3.84. The summed E-state index contributed by atoms with van der Waals surface area (Å²) >= 11 is 0. The Balaban J connectivity index is 4.25. The van der Waals surface area contributed by atoms with Gasteiger partial charge in [0.15, 0.2) is 9.84 Å². The van der Waals surface area contributed by atoms with E-state index < -0.39 is 33.4 Å². The number of hydrogen-bond donors (Lipinski definition) is 2. The zero-order valence-electron chi connectivity index (χ0n) is 6.13. The average Bonchev–Trinajstić information content (AvgIpc) is 1.85. The lowest BCUT2D eigenvalue weighted by atomic mass is 10.4. The fourth-order valence-corrected chi connectivity index (χ4v) is 1.55. The van der Waals surface area contributed by atoms with Gasteiger partial charge in [0.05, 0.1) is 5.75 Å². The molecule has 0 radical (unpaired) electrons. The second kappa shape index (κ2) is 4.17. The molecule has 0 fully saturated rings. The van der Waals surface area contributed by atoms with Crippen molar-refractivity contribution in [2.75, 3.05) is 11.5 Å². The molecule has 1 unspecified atom stereocenters. The number of carbonyl (C=O) groups excluding carboxylic acids is 1. The summed E-state index contributed by atoms with van der Waals surface area (Å²) in [5, 5.41) is 8.24. The number of carboxylic acid groups (broad SMARTS) is 1. The van der Waals surface area contributed by atoms with E-state index in [2.05, 4.69) is 0 Å². The summed E-state index contributed by atoms with van der Waals surface area (Å²) in [5.74, 6) is -2.79. The second-order valence-corrected chi connectivity index (χ2v) is 4.34. The third-order valence-corrected chi connectivity index (χ3v) is 2.58. The highest BCUT2D eigenvalue weighted by molar-refractivity contribution is 7.92. The SMILES string of the molecule is NC(CS(=O)(=O)CC=O)C(=O)O. The summed E-state index contributed by atoms with van der Waals surface area (Å²) < 4.78 is 21.5. The predicted octanol–water partition coefficient (Wildman–Crippen LogP) is -1.99. The lowest BCUT2D eigenvalue weighted by Gasteiger charge is -2.04. The molecular weight excluding hydrogens is 186 g/mol. The van der Waals surface area contributed by atoms with Crippen LogP contribution in [0.3, 0.4) is 0 Å². The van der Waals surface area contributed by atoms with Crippen LogP contribution in [0.2, 0.25) is 0 Å². The van der Waals surface area contributed by atoms with Crippen LogP contribution < -0.4 is 5.73 Å². The minimum absolute atomic E-state index is 0.198. The summed E-state index contributed by atoms with van der Waals surface area (Å²) in [5.41, 5.74) is 4.94. The van der Waals surface area contributed by atoms with Crippen LogP contribution in [0.1, 0.15) is 0 Å². The Hall–Kier alpha value is -0.950. The van der Waals surface area contributed by atoms with Gasteiger partial charge in [0.2, 0.25) is 0 Å². The van der Waals surface area contributed by atoms with Crippen molar-refractivity contribution in [3.8, 4) is 0 Å². The Bertz CT molecular complexity index is 270. The zero-order valence-corrected chi connectivity index (χ0v) is 6.95. The topological polar surface area (TPSA) is 115 Å². The molecule has 3 N–H and O–H groups in total. The van der Waals surface area contributed by atoms with E-state index >= 15 is 0 Å². The lowest BCUT2D eigenvalue weighted by Crippen LogP contribution is -2.38. The largest absolute Gasteiger partial charge is 0.480 e. The predicted molar refractivity (Wildman–Crippen MR) is 40.3 cm³/mol. The summed E-state index contributed by atoms with van der Waals surface area (Å²) in [4.78, 5) is 19.9. The van der Waals surface area contributed by atoms with E-state index in [9.17, 15) is 18.0 Å². The molecule has 0 aliphatic carbocycles. The van der Waals surface area contributed by atoms with Crippen LogP contribution in [0.4, 0.5) is 0 Å². The molecule has 0 bridgehead atoms. The minimum Gasteiger partial charge on any atom is -0.480 e. The van der Waals surface area contributed by atoms with Crippen LogP contribution in [0.25, 0.3) is 0 Å². The van der Waals surface area contributed by atoms with Crippen molar-refractivity contribution >= 4 is 22.1 Å². The van der Waals surface area contributed by atoms with E-state index in [1.54, 1.807) is 0 Å². The van der Waals surface area contributed by atoms with Crippen LogP contribution in [-0.4, -0.2) is 43.3 Å². The monoisotopic (exact) mass is 195 g/mol. The molecule has 0 heterocycles. The maximum atomic E-state index is 10.8. The number of aldehydes is 1. The smallest absolute Gasteiger partial charge is 0.321 e. The summed E-state index contributed by atoms with van der Waals surface area (Å²) in [6.07, 6.45) is 0.198. The molecule has 0 saturated carbocycles. The molecule has 0 aromatic heterocycles. The van der Waals surface area contributed by atoms with Crippen molar-refractivity contribution in [1.29, 1.82) is 0 Å². The third kappa shape index (κ3) is 4.04. The van der Waals surface area contributed by atoms with Gasteiger partial charge in [-0.25, -0.2) is 8.42 Å². The number of rotatable bonds is 5. The highest BCUT2D eigenvalue weighted by Crippen LogP contribution is 1.91. The number of sulfone groups is 1. The Morgan fingerprint density at radius 1 is 1.58 bits per heavy atom. The number of aliphatic carboxylic acids is 1. The Labute approximate surface area is 69.3 Å². The van der Waals surface area contributed by atoms with Crippen LogP contribution in [0, 0.1) is 0 Å². The molecule has 1 atom stereocenters. The van der Waals surface area contributed by atoms with E-state index in [1.165, 1.54) is 0 Å². The second-order valence-electron chi connectivity index (χ2n) is 2.19. The fourth-order valence-electron chi connectivity index (χ4n) is 0.517. The third-order valence-electron chi connectivity index (χ3n) is 1.07. The van der Waals surface area contributed by atoms with Crippen molar-refractivity contribution in [1.82, 2.24) is 0 Å². The fraction of sp³-hybridized carbons (Fsp3) is 0.600. The molecule has 0 aliphatic heterocycles. The van der Waals surface area contributed by atoms with Crippen molar-refractivity contribution in [2.45, 2.75) is 6.04 Å². The van der Waals surface area contributed by atoms with Crippen molar-refractivity contribution in [3.05, 3.63) is 0 Å². The van der Waals surface area contributed by atoms with Crippen LogP contribution in [0.15, 0.2) is 0 Å². The maximum Gasteiger partial charge on any atom is 0.321 e. The highest BCUT2D eigenvalue weighted by atomic mass is 32.2. The van der Waals surface area contributed by atoms with Crippen molar-refractivity contribution in [2.24, 2.45) is 5.73 Å². The van der Waals surface area contributed by atoms with Gasteiger partial charge in [0.1, 0.15) is 18.1 Å². The van der Waals surface area contributed by atoms with Crippen LogP contribution in [-0.2, 0) is 19.4 Å². The van der Waals surface area contributed by atoms with E-state index in [4.69, 9.17) is 10.8 Å². The molecule has 0 saturated heterocycles. The first kappa shape index (κ1) is 11.1. The number of carboxylic acids is 1. The molecule has 12 heavy (non-hydrogen) atoms. The van der Waals surface area contributed by atoms with Gasteiger partial charge in [-0.1, -0.05) is 0 Å². The van der Waals surface area contributed by atoms with Gasteiger partial charge in [-0.2, -0.15) is 0 Å². The summed E-state index contributed by atoms with van der Waals surface area (Å²) in [7, 11) is -3.65. The highest BCUT2D eigenvalue weighted by Gasteiger charge is 2.20. The normalized spacial score (nSPS) is 13.8. The van der Waals surface area contributed by atoms with E-state index in [1.807, 2.05) is 0 Å². The first-order chi connectivity index (χ1) is 5.39. The zero-order chi connectivity index (χ0) is 9.78. The average molecular weight is 195 g/mol. The quantitative estimate of drug-likeness (QED) is 0.491. The molecule has 70 valence electrons. The Morgan fingerprint density at radius 2 is 2.08 bits per heavy atom. The maximum absolute atomic E-state index is 10.8. The van der Waals surface area contributed by atoms with Gasteiger partial charge in [0, 0.05) is 0 Å². The van der Waals surface area contributed by atoms with E-state index in [0.717, 1.165) is 0 Å². The number of nitrogens with two attached hydrogens (primary N) is 1.